The molecule has 0 saturated heterocycles. The monoisotopic (exact) mass is 291 g/mol. The van der Waals surface area contributed by atoms with Crippen LogP contribution in [-0.4, -0.2) is 29.8 Å². The van der Waals surface area contributed by atoms with Crippen molar-refractivity contribution in [1.82, 2.24) is 10.2 Å². The number of hydrogen-bond donors (Lipinski definition) is 1. The third-order valence-corrected chi connectivity index (χ3v) is 2.78. The van der Waals surface area contributed by atoms with Crippen LogP contribution in [-0.2, 0) is 9.53 Å². The number of aromatic nitrogens is 2. The van der Waals surface area contributed by atoms with Gasteiger partial charge >= 0.3 is 5.97 Å². The quantitative estimate of drug-likeness (QED) is 0.618. The minimum Gasteiger partial charge on any atom is -0.469 e. The number of unbranched alkanes of at least 4 members (excludes halogenated alkanes) is 2. The molecule has 1 aromatic heterocycles. The molecular formula is C11H15Cl2N3O2. The third kappa shape index (κ3) is 5.51. The zero-order valence-corrected chi connectivity index (χ0v) is 11.6. The molecule has 5 nitrogen and oxygen atoms in total. The normalized spacial score (nSPS) is 10.2. The van der Waals surface area contributed by atoms with Gasteiger partial charge in [0.15, 0.2) is 10.3 Å². The smallest absolute Gasteiger partial charge is 0.305 e. The van der Waals surface area contributed by atoms with Crippen molar-refractivity contribution in [2.24, 2.45) is 0 Å². The number of methoxy groups -OCH3 is 1. The maximum absolute atomic E-state index is 10.9. The number of hydrogen-bond acceptors (Lipinski definition) is 5. The number of halogens is 2. The first-order chi connectivity index (χ1) is 8.63. The van der Waals surface area contributed by atoms with E-state index in [0.717, 1.165) is 25.8 Å². The van der Waals surface area contributed by atoms with E-state index in [0.29, 0.717) is 22.4 Å². The van der Waals surface area contributed by atoms with Gasteiger partial charge in [0.25, 0.3) is 0 Å². The first-order valence-electron chi connectivity index (χ1n) is 5.63. The highest BCUT2D eigenvalue weighted by Crippen LogP contribution is 2.20. The van der Waals surface area contributed by atoms with Crippen LogP contribution in [0.15, 0.2) is 6.07 Å². The van der Waals surface area contributed by atoms with Crippen molar-refractivity contribution in [3.8, 4) is 0 Å². The maximum Gasteiger partial charge on any atom is 0.305 e. The Kier molecular flexibility index (Phi) is 6.75. The van der Waals surface area contributed by atoms with Gasteiger partial charge in [-0.25, -0.2) is 0 Å². The lowest BCUT2D eigenvalue weighted by Gasteiger charge is -2.07. The minimum atomic E-state index is -0.170. The SMILES string of the molecule is COC(=O)CCCCCNc1cc(Cl)nnc1Cl. The van der Waals surface area contributed by atoms with Gasteiger partial charge in [0.05, 0.1) is 12.8 Å². The van der Waals surface area contributed by atoms with E-state index in [1.165, 1.54) is 7.11 Å². The molecule has 0 radical (unpaired) electrons. The Hall–Kier alpha value is -1.07. The van der Waals surface area contributed by atoms with Crippen LogP contribution in [0.5, 0.6) is 0 Å². The fourth-order valence-corrected chi connectivity index (χ4v) is 1.68. The lowest BCUT2D eigenvalue weighted by Crippen LogP contribution is -2.04. The molecule has 0 fully saturated rings. The number of rotatable bonds is 7. The lowest BCUT2D eigenvalue weighted by atomic mass is 10.2. The molecule has 1 rings (SSSR count). The Morgan fingerprint density at radius 2 is 2.11 bits per heavy atom. The van der Waals surface area contributed by atoms with Crippen LogP contribution in [0.1, 0.15) is 25.7 Å². The zero-order chi connectivity index (χ0) is 13.4. The van der Waals surface area contributed by atoms with Crippen molar-refractivity contribution in [2.45, 2.75) is 25.7 Å². The molecule has 0 atom stereocenters. The molecule has 0 aliphatic rings. The molecule has 0 aliphatic heterocycles. The molecule has 0 unspecified atom stereocenters. The molecule has 0 amide bonds. The van der Waals surface area contributed by atoms with E-state index in [1.807, 2.05) is 0 Å². The molecule has 100 valence electrons. The number of carbonyl (C=O) groups is 1. The first kappa shape index (κ1) is 15.0. The van der Waals surface area contributed by atoms with Crippen LogP contribution in [0, 0.1) is 0 Å². The molecule has 1 heterocycles. The predicted octanol–water partition coefficient (Wildman–Crippen LogP) is 2.93. The van der Waals surface area contributed by atoms with Crippen molar-refractivity contribution in [3.05, 3.63) is 16.4 Å². The van der Waals surface area contributed by atoms with Crippen LogP contribution in [0.3, 0.4) is 0 Å². The summed E-state index contributed by atoms with van der Waals surface area (Å²) in [6.45, 7) is 0.739. The Balaban J connectivity index is 2.18. The van der Waals surface area contributed by atoms with Gasteiger partial charge in [0.1, 0.15) is 0 Å². The summed E-state index contributed by atoms with van der Waals surface area (Å²) in [5.74, 6) is -0.170. The molecule has 0 aromatic carbocycles. The molecular weight excluding hydrogens is 277 g/mol. The number of anilines is 1. The number of nitrogens with one attached hydrogen (secondary N) is 1. The highest BCUT2D eigenvalue weighted by molar-refractivity contribution is 6.33. The van der Waals surface area contributed by atoms with E-state index in [9.17, 15) is 4.79 Å². The van der Waals surface area contributed by atoms with Crippen LogP contribution in [0.4, 0.5) is 5.69 Å². The van der Waals surface area contributed by atoms with E-state index < -0.39 is 0 Å². The summed E-state index contributed by atoms with van der Waals surface area (Å²) < 4.78 is 4.55. The van der Waals surface area contributed by atoms with Gasteiger partial charge < -0.3 is 10.1 Å². The molecule has 18 heavy (non-hydrogen) atoms. The van der Waals surface area contributed by atoms with Gasteiger partial charge in [-0.15, -0.1) is 10.2 Å². The van der Waals surface area contributed by atoms with E-state index in [1.54, 1.807) is 6.07 Å². The Morgan fingerprint density at radius 1 is 1.33 bits per heavy atom. The molecule has 0 bridgehead atoms. The highest BCUT2D eigenvalue weighted by Gasteiger charge is 2.03. The summed E-state index contributed by atoms with van der Waals surface area (Å²) >= 11 is 11.5. The number of ether oxygens (including phenoxy) is 1. The summed E-state index contributed by atoms with van der Waals surface area (Å²) in [6, 6.07) is 1.63. The van der Waals surface area contributed by atoms with Gasteiger partial charge in [0.2, 0.25) is 0 Å². The number of nitrogens with zero attached hydrogens (tertiary/aromatic N) is 2. The van der Waals surface area contributed by atoms with Crippen LogP contribution >= 0.6 is 23.2 Å². The third-order valence-electron chi connectivity index (χ3n) is 2.32. The van der Waals surface area contributed by atoms with Gasteiger partial charge in [-0.1, -0.05) is 29.6 Å². The molecule has 1 N–H and O–H groups in total. The Labute approximate surface area is 116 Å². The van der Waals surface area contributed by atoms with Crippen LogP contribution in [0.25, 0.3) is 0 Å². The van der Waals surface area contributed by atoms with Crippen LogP contribution in [0.2, 0.25) is 10.3 Å². The van der Waals surface area contributed by atoms with Crippen molar-refractivity contribution in [3.63, 3.8) is 0 Å². The first-order valence-corrected chi connectivity index (χ1v) is 6.38. The van der Waals surface area contributed by atoms with Gasteiger partial charge in [-0.05, 0) is 12.8 Å². The second-order valence-corrected chi connectivity index (χ2v) is 4.43. The van der Waals surface area contributed by atoms with E-state index in [4.69, 9.17) is 23.2 Å². The maximum atomic E-state index is 10.9. The molecule has 0 spiro atoms. The zero-order valence-electron chi connectivity index (χ0n) is 10.1. The summed E-state index contributed by atoms with van der Waals surface area (Å²) in [5.41, 5.74) is 0.671. The molecule has 1 aromatic rings. The summed E-state index contributed by atoms with van der Waals surface area (Å²) in [6.07, 6.45) is 3.14. The van der Waals surface area contributed by atoms with Crippen molar-refractivity contribution in [2.75, 3.05) is 19.0 Å². The summed E-state index contributed by atoms with van der Waals surface area (Å²) in [5, 5.41) is 11.0. The number of esters is 1. The lowest BCUT2D eigenvalue weighted by molar-refractivity contribution is -0.140. The van der Waals surface area contributed by atoms with E-state index in [2.05, 4.69) is 20.3 Å². The predicted molar refractivity (Wildman–Crippen MR) is 71.0 cm³/mol. The fraction of sp³-hybridized carbons (Fsp3) is 0.545. The molecule has 7 heteroatoms. The average Bonchev–Trinajstić information content (AvgIpc) is 2.37. The van der Waals surface area contributed by atoms with Gasteiger partial charge in [0, 0.05) is 19.0 Å². The van der Waals surface area contributed by atoms with Gasteiger partial charge in [-0.3, -0.25) is 4.79 Å². The molecule has 0 saturated carbocycles. The standard InChI is InChI=1S/C11H15Cl2N3O2/c1-18-10(17)5-3-2-4-6-14-8-7-9(12)15-16-11(8)13/h7H,2-6H2,1H3,(H,14,15). The highest BCUT2D eigenvalue weighted by atomic mass is 35.5. The fourth-order valence-electron chi connectivity index (χ4n) is 1.37. The summed E-state index contributed by atoms with van der Waals surface area (Å²) in [7, 11) is 1.39. The van der Waals surface area contributed by atoms with Gasteiger partial charge in [-0.2, -0.15) is 0 Å². The van der Waals surface area contributed by atoms with Crippen molar-refractivity contribution >= 4 is 34.9 Å². The Bertz CT molecular complexity index is 402. The van der Waals surface area contributed by atoms with E-state index >= 15 is 0 Å². The van der Waals surface area contributed by atoms with Crippen molar-refractivity contribution < 1.29 is 9.53 Å². The number of carbonyl (C=O) groups excluding carboxylic acids is 1. The minimum absolute atomic E-state index is 0.170. The molecule has 0 aliphatic carbocycles. The Morgan fingerprint density at radius 3 is 2.83 bits per heavy atom. The van der Waals surface area contributed by atoms with Crippen molar-refractivity contribution in [1.29, 1.82) is 0 Å². The average molecular weight is 292 g/mol. The topological polar surface area (TPSA) is 64.1 Å². The largest absolute Gasteiger partial charge is 0.469 e. The van der Waals surface area contributed by atoms with Crippen LogP contribution < -0.4 is 5.32 Å². The second kappa shape index (κ2) is 8.11. The summed E-state index contributed by atoms with van der Waals surface area (Å²) in [4.78, 5) is 10.9. The second-order valence-electron chi connectivity index (χ2n) is 3.69. The van der Waals surface area contributed by atoms with E-state index in [-0.39, 0.29) is 5.97 Å².